The predicted molar refractivity (Wildman–Crippen MR) is 56.3 cm³/mol. The van der Waals surface area contributed by atoms with E-state index in [4.69, 9.17) is 23.1 Å². The van der Waals surface area contributed by atoms with Crippen LogP contribution in [-0.2, 0) is 15.6 Å². The smallest absolute Gasteiger partial charge is 0.230 e. The quantitative estimate of drug-likeness (QED) is 0.745. The highest BCUT2D eigenvalue weighted by atomic mass is 35.5. The molecule has 1 amide bonds. The molecule has 0 spiro atoms. The Morgan fingerprint density at radius 2 is 2.14 bits per heavy atom. The van der Waals surface area contributed by atoms with Crippen LogP contribution in [0, 0.1) is 0 Å². The number of primary amides is 1. The standard InChI is InChI=1S/C8H9ClN2O2S/c9-6-2-1-5(10)3-7(6)14(13)4-8(11)12/h1-3H,4,10H2,(H2,11,12). The van der Waals surface area contributed by atoms with Gasteiger partial charge in [-0.2, -0.15) is 0 Å². The number of nitrogen functional groups attached to an aromatic ring is 1. The molecule has 1 unspecified atom stereocenters. The molecule has 0 heterocycles. The van der Waals surface area contributed by atoms with Gasteiger partial charge in [0.25, 0.3) is 0 Å². The summed E-state index contributed by atoms with van der Waals surface area (Å²) in [6, 6.07) is 4.60. The molecule has 76 valence electrons. The third-order valence-electron chi connectivity index (χ3n) is 1.47. The maximum Gasteiger partial charge on any atom is 0.230 e. The van der Waals surface area contributed by atoms with Gasteiger partial charge >= 0.3 is 0 Å². The van der Waals surface area contributed by atoms with E-state index in [-0.39, 0.29) is 5.75 Å². The van der Waals surface area contributed by atoms with E-state index in [0.29, 0.717) is 15.6 Å². The van der Waals surface area contributed by atoms with Gasteiger partial charge in [0.15, 0.2) is 0 Å². The zero-order valence-electron chi connectivity index (χ0n) is 7.20. The lowest BCUT2D eigenvalue weighted by atomic mass is 10.3. The Balaban J connectivity index is 3.00. The van der Waals surface area contributed by atoms with Crippen molar-refractivity contribution in [3.05, 3.63) is 23.2 Å². The summed E-state index contributed by atoms with van der Waals surface area (Å²) in [5.41, 5.74) is 10.8. The van der Waals surface area contributed by atoms with Crippen molar-refractivity contribution in [1.82, 2.24) is 0 Å². The van der Waals surface area contributed by atoms with E-state index in [0.717, 1.165) is 0 Å². The van der Waals surface area contributed by atoms with Crippen LogP contribution < -0.4 is 11.5 Å². The van der Waals surface area contributed by atoms with Crippen LogP contribution in [0.4, 0.5) is 5.69 Å². The van der Waals surface area contributed by atoms with E-state index in [2.05, 4.69) is 0 Å². The second kappa shape index (κ2) is 4.43. The van der Waals surface area contributed by atoms with Gasteiger partial charge in [-0.15, -0.1) is 0 Å². The minimum Gasteiger partial charge on any atom is -0.399 e. The molecule has 0 radical (unpaired) electrons. The van der Waals surface area contributed by atoms with Gasteiger partial charge in [0.2, 0.25) is 5.91 Å². The molecule has 14 heavy (non-hydrogen) atoms. The van der Waals surface area contributed by atoms with Gasteiger partial charge in [-0.05, 0) is 18.2 Å². The maximum atomic E-state index is 11.5. The van der Waals surface area contributed by atoms with Crippen LogP contribution in [0.25, 0.3) is 0 Å². The monoisotopic (exact) mass is 232 g/mol. The lowest BCUT2D eigenvalue weighted by Gasteiger charge is -2.03. The number of benzene rings is 1. The molecule has 0 fully saturated rings. The largest absolute Gasteiger partial charge is 0.399 e. The molecular weight excluding hydrogens is 224 g/mol. The molecule has 0 saturated heterocycles. The van der Waals surface area contributed by atoms with Crippen molar-refractivity contribution < 1.29 is 9.00 Å². The first-order valence-electron chi connectivity index (χ1n) is 3.72. The molecule has 0 aromatic heterocycles. The Kier molecular flexibility index (Phi) is 3.49. The summed E-state index contributed by atoms with van der Waals surface area (Å²) >= 11 is 5.77. The number of carbonyl (C=O) groups excluding carboxylic acids is 1. The van der Waals surface area contributed by atoms with E-state index in [1.54, 1.807) is 6.07 Å². The van der Waals surface area contributed by atoms with Crippen molar-refractivity contribution in [3.8, 4) is 0 Å². The van der Waals surface area contributed by atoms with Crippen molar-refractivity contribution in [3.63, 3.8) is 0 Å². The Morgan fingerprint density at radius 3 is 2.71 bits per heavy atom. The molecule has 1 aromatic carbocycles. The Hall–Kier alpha value is -1.07. The highest BCUT2D eigenvalue weighted by Gasteiger charge is 2.11. The van der Waals surface area contributed by atoms with Crippen molar-refractivity contribution in [2.24, 2.45) is 5.73 Å². The average Bonchev–Trinajstić information content (AvgIpc) is 2.08. The summed E-state index contributed by atoms with van der Waals surface area (Å²) in [4.78, 5) is 10.9. The Bertz CT molecular complexity index is 395. The highest BCUT2D eigenvalue weighted by Crippen LogP contribution is 2.22. The number of hydrogen-bond donors (Lipinski definition) is 2. The number of halogens is 1. The molecular formula is C8H9ClN2O2S. The number of anilines is 1. The van der Waals surface area contributed by atoms with Gasteiger partial charge in [-0.3, -0.25) is 9.00 Å². The fraction of sp³-hybridized carbons (Fsp3) is 0.125. The molecule has 0 aliphatic rings. The number of rotatable bonds is 3. The summed E-state index contributed by atoms with van der Waals surface area (Å²) in [6.45, 7) is 0. The molecule has 1 aromatic rings. The maximum absolute atomic E-state index is 11.5. The molecule has 4 N–H and O–H groups in total. The molecule has 0 saturated carbocycles. The number of amides is 1. The molecule has 0 aliphatic carbocycles. The summed E-state index contributed by atoms with van der Waals surface area (Å²) in [7, 11) is -1.52. The average molecular weight is 233 g/mol. The van der Waals surface area contributed by atoms with Gasteiger partial charge in [-0.25, -0.2) is 0 Å². The van der Waals surface area contributed by atoms with Crippen LogP contribution >= 0.6 is 11.6 Å². The molecule has 6 heteroatoms. The van der Waals surface area contributed by atoms with Gasteiger partial charge in [0.1, 0.15) is 5.75 Å². The summed E-state index contributed by atoms with van der Waals surface area (Å²) in [5.74, 6) is -0.884. The molecule has 1 atom stereocenters. The molecule has 4 nitrogen and oxygen atoms in total. The van der Waals surface area contributed by atoms with Crippen LogP contribution in [0.15, 0.2) is 23.1 Å². The Morgan fingerprint density at radius 1 is 1.50 bits per heavy atom. The highest BCUT2D eigenvalue weighted by molar-refractivity contribution is 7.85. The minimum absolute atomic E-state index is 0.247. The first-order chi connectivity index (χ1) is 6.50. The second-order valence-electron chi connectivity index (χ2n) is 2.65. The van der Waals surface area contributed by atoms with Crippen LogP contribution in [-0.4, -0.2) is 15.9 Å². The number of nitrogens with two attached hydrogens (primary N) is 2. The zero-order chi connectivity index (χ0) is 10.7. The number of hydrogen-bond acceptors (Lipinski definition) is 3. The van der Waals surface area contributed by atoms with E-state index in [1.165, 1.54) is 12.1 Å². The molecule has 0 aliphatic heterocycles. The van der Waals surface area contributed by atoms with Crippen molar-refractivity contribution in [1.29, 1.82) is 0 Å². The fourth-order valence-corrected chi connectivity index (χ4v) is 2.24. The van der Waals surface area contributed by atoms with E-state index in [1.807, 2.05) is 0 Å². The van der Waals surface area contributed by atoms with Crippen molar-refractivity contribution in [2.75, 3.05) is 11.5 Å². The molecule has 1 rings (SSSR count). The first-order valence-corrected chi connectivity index (χ1v) is 5.42. The normalized spacial score (nSPS) is 12.4. The summed E-state index contributed by atoms with van der Waals surface area (Å²) < 4.78 is 11.5. The lowest BCUT2D eigenvalue weighted by Crippen LogP contribution is -2.19. The van der Waals surface area contributed by atoms with Crippen molar-refractivity contribution in [2.45, 2.75) is 4.90 Å². The van der Waals surface area contributed by atoms with Gasteiger partial charge in [-0.1, -0.05) is 11.6 Å². The SMILES string of the molecule is NC(=O)CS(=O)c1cc(N)ccc1Cl. The van der Waals surface area contributed by atoms with Crippen LogP contribution in [0.1, 0.15) is 0 Å². The van der Waals surface area contributed by atoms with E-state index >= 15 is 0 Å². The zero-order valence-corrected chi connectivity index (χ0v) is 8.77. The first kappa shape index (κ1) is 11.0. The van der Waals surface area contributed by atoms with Crippen molar-refractivity contribution >= 4 is 34.0 Å². The fourth-order valence-electron chi connectivity index (χ4n) is 0.901. The van der Waals surface area contributed by atoms with Gasteiger partial charge in [0.05, 0.1) is 20.7 Å². The predicted octanol–water partition coefficient (Wildman–Crippen LogP) is 0.515. The number of carbonyl (C=O) groups is 1. The molecule has 0 bridgehead atoms. The van der Waals surface area contributed by atoms with Gasteiger partial charge in [0, 0.05) is 5.69 Å². The third kappa shape index (κ3) is 2.71. The van der Waals surface area contributed by atoms with Gasteiger partial charge < -0.3 is 11.5 Å². The van der Waals surface area contributed by atoms with Crippen LogP contribution in [0.3, 0.4) is 0 Å². The van der Waals surface area contributed by atoms with Crippen LogP contribution in [0.5, 0.6) is 0 Å². The van der Waals surface area contributed by atoms with E-state index in [9.17, 15) is 9.00 Å². The minimum atomic E-state index is -1.52. The lowest BCUT2D eigenvalue weighted by molar-refractivity contribution is -0.115. The summed E-state index contributed by atoms with van der Waals surface area (Å²) in [5, 5.41) is 0.318. The second-order valence-corrected chi connectivity index (χ2v) is 4.47. The Labute approximate surface area is 88.7 Å². The summed E-state index contributed by atoms with van der Waals surface area (Å²) in [6.07, 6.45) is 0. The third-order valence-corrected chi connectivity index (χ3v) is 3.29. The van der Waals surface area contributed by atoms with Crippen LogP contribution in [0.2, 0.25) is 5.02 Å². The van der Waals surface area contributed by atoms with E-state index < -0.39 is 16.7 Å². The topological polar surface area (TPSA) is 86.2 Å².